The number of nitrogens with one attached hydrogen (secondary N) is 2. The highest BCUT2D eigenvalue weighted by atomic mass is 16.6. The van der Waals surface area contributed by atoms with E-state index >= 15 is 0 Å². The van der Waals surface area contributed by atoms with Gasteiger partial charge in [-0.2, -0.15) is 0 Å². The number of carbonyl (C=O) groups is 5. The molecule has 2 aliphatic rings. The zero-order valence-electron chi connectivity index (χ0n) is 23.3. The van der Waals surface area contributed by atoms with Crippen molar-refractivity contribution < 1.29 is 38.2 Å². The van der Waals surface area contributed by atoms with Crippen LogP contribution < -0.4 is 16.4 Å². The van der Waals surface area contributed by atoms with E-state index in [-0.39, 0.29) is 63.2 Å². The van der Waals surface area contributed by atoms with Gasteiger partial charge in [-0.1, -0.05) is 0 Å². The Bertz CT molecular complexity index is 1100. The largest absolute Gasteiger partial charge is 0.444 e. The summed E-state index contributed by atoms with van der Waals surface area (Å²) in [4.78, 5) is 64.9. The summed E-state index contributed by atoms with van der Waals surface area (Å²) in [7, 11) is 0. The maximum Gasteiger partial charge on any atom is 0.410 e. The molecule has 1 aromatic rings. The van der Waals surface area contributed by atoms with Crippen LogP contribution in [-0.2, 0) is 35.1 Å². The van der Waals surface area contributed by atoms with Gasteiger partial charge in [-0.15, -0.1) is 0 Å². The number of amides is 5. The normalized spacial score (nSPS) is 16.9. The second kappa shape index (κ2) is 14.2. The number of rotatable bonds is 13. The molecule has 2 heterocycles. The first kappa shape index (κ1) is 31.0. The van der Waals surface area contributed by atoms with Gasteiger partial charge in [0.05, 0.1) is 26.4 Å². The van der Waals surface area contributed by atoms with Crippen LogP contribution in [0.15, 0.2) is 18.2 Å². The van der Waals surface area contributed by atoms with E-state index in [1.54, 1.807) is 39.0 Å². The molecular formula is C27H39N5O8. The molecule has 5 amide bonds. The SMILES string of the molecule is CC(C)(C)OC(=O)N(CCOCCOCCN)CCC(=O)Nc1ccc2c(c1)CN(C1CCC(=O)NC1=O)C2=O. The number of hydrogen-bond donors (Lipinski definition) is 3. The first-order chi connectivity index (χ1) is 19.0. The van der Waals surface area contributed by atoms with Crippen molar-refractivity contribution >= 4 is 35.4 Å². The molecule has 0 spiro atoms. The van der Waals surface area contributed by atoms with Crippen molar-refractivity contribution in [2.45, 2.75) is 58.2 Å². The molecule has 4 N–H and O–H groups in total. The molecule has 2 aliphatic heterocycles. The lowest BCUT2D eigenvalue weighted by atomic mass is 10.0. The van der Waals surface area contributed by atoms with E-state index in [1.165, 1.54) is 9.80 Å². The first-order valence-electron chi connectivity index (χ1n) is 13.4. The Kier molecular flexibility index (Phi) is 11.0. The minimum Gasteiger partial charge on any atom is -0.444 e. The van der Waals surface area contributed by atoms with Crippen LogP contribution >= 0.6 is 0 Å². The quantitative estimate of drug-likeness (QED) is 0.235. The Balaban J connectivity index is 1.53. The molecule has 220 valence electrons. The number of anilines is 1. The van der Waals surface area contributed by atoms with Crippen molar-refractivity contribution in [1.29, 1.82) is 0 Å². The van der Waals surface area contributed by atoms with Crippen molar-refractivity contribution in [1.82, 2.24) is 15.1 Å². The first-order valence-corrected chi connectivity index (χ1v) is 13.4. The Hall–Kier alpha value is -3.55. The Morgan fingerprint density at radius 3 is 2.50 bits per heavy atom. The summed E-state index contributed by atoms with van der Waals surface area (Å²) >= 11 is 0. The minimum absolute atomic E-state index is 0.0112. The minimum atomic E-state index is -0.711. The van der Waals surface area contributed by atoms with Gasteiger partial charge in [0.2, 0.25) is 17.7 Å². The molecule has 3 rings (SSSR count). The predicted molar refractivity (Wildman–Crippen MR) is 144 cm³/mol. The summed E-state index contributed by atoms with van der Waals surface area (Å²) in [5, 5.41) is 5.08. The topological polar surface area (TPSA) is 170 Å². The van der Waals surface area contributed by atoms with Crippen molar-refractivity contribution in [3.8, 4) is 0 Å². The summed E-state index contributed by atoms with van der Waals surface area (Å²) in [5.41, 5.74) is 6.30. The summed E-state index contributed by atoms with van der Waals surface area (Å²) < 4.78 is 16.3. The van der Waals surface area contributed by atoms with Crippen LogP contribution in [0.25, 0.3) is 0 Å². The number of nitrogens with two attached hydrogens (primary N) is 1. The fourth-order valence-corrected chi connectivity index (χ4v) is 4.31. The third-order valence-electron chi connectivity index (χ3n) is 6.21. The summed E-state index contributed by atoms with van der Waals surface area (Å²) in [5.74, 6) is -1.44. The molecule has 0 saturated carbocycles. The molecule has 1 fully saturated rings. The van der Waals surface area contributed by atoms with E-state index < -0.39 is 23.6 Å². The molecule has 0 bridgehead atoms. The van der Waals surface area contributed by atoms with Gasteiger partial charge < -0.3 is 35.1 Å². The number of nitrogens with zero attached hydrogens (tertiary/aromatic N) is 2. The molecule has 0 aliphatic carbocycles. The number of fused-ring (bicyclic) bond motifs is 1. The van der Waals surface area contributed by atoms with Crippen LogP contribution in [-0.4, -0.2) is 97.2 Å². The molecule has 1 unspecified atom stereocenters. The standard InChI is InChI=1S/C27H39N5O8/c1-27(2,3)40-26(37)31(11-13-39-15-14-38-12-9-28)10-8-23(34)29-19-4-5-20-18(16-19)17-32(25(20)36)21-6-7-22(33)30-24(21)35/h4-5,16,21H,6-15,17,28H2,1-3H3,(H,29,34)(H,30,33,35). The molecule has 0 aromatic heterocycles. The maximum absolute atomic E-state index is 12.9. The number of benzene rings is 1. The Labute approximate surface area is 233 Å². The van der Waals surface area contributed by atoms with Crippen molar-refractivity contribution in [2.75, 3.05) is 51.4 Å². The molecular weight excluding hydrogens is 522 g/mol. The summed E-state index contributed by atoms with van der Waals surface area (Å²) in [6, 6.07) is 4.22. The van der Waals surface area contributed by atoms with Gasteiger partial charge in [-0.05, 0) is 51.0 Å². The van der Waals surface area contributed by atoms with Crippen LogP contribution in [0.4, 0.5) is 10.5 Å². The van der Waals surface area contributed by atoms with Crippen molar-refractivity contribution in [3.05, 3.63) is 29.3 Å². The molecule has 0 radical (unpaired) electrons. The van der Waals surface area contributed by atoms with Crippen molar-refractivity contribution in [3.63, 3.8) is 0 Å². The van der Waals surface area contributed by atoms with E-state index in [2.05, 4.69) is 10.6 Å². The van der Waals surface area contributed by atoms with Crippen LogP contribution in [0.2, 0.25) is 0 Å². The fraction of sp³-hybridized carbons (Fsp3) is 0.593. The highest BCUT2D eigenvalue weighted by molar-refractivity contribution is 6.05. The van der Waals surface area contributed by atoms with E-state index in [9.17, 15) is 24.0 Å². The number of hydrogen-bond acceptors (Lipinski definition) is 9. The molecule has 40 heavy (non-hydrogen) atoms. The van der Waals surface area contributed by atoms with Gasteiger partial charge in [0.1, 0.15) is 11.6 Å². The number of ether oxygens (including phenoxy) is 3. The van der Waals surface area contributed by atoms with Gasteiger partial charge >= 0.3 is 6.09 Å². The highest BCUT2D eigenvalue weighted by Crippen LogP contribution is 2.29. The Morgan fingerprint density at radius 2 is 1.82 bits per heavy atom. The van der Waals surface area contributed by atoms with Gasteiger partial charge in [0.15, 0.2) is 0 Å². The zero-order valence-corrected chi connectivity index (χ0v) is 23.3. The van der Waals surface area contributed by atoms with Crippen LogP contribution in [0.3, 0.4) is 0 Å². The monoisotopic (exact) mass is 561 g/mol. The fourth-order valence-electron chi connectivity index (χ4n) is 4.31. The second-order valence-electron chi connectivity index (χ2n) is 10.6. The van der Waals surface area contributed by atoms with Crippen LogP contribution in [0.1, 0.15) is 56.0 Å². The smallest absolute Gasteiger partial charge is 0.410 e. The molecule has 13 nitrogen and oxygen atoms in total. The zero-order chi connectivity index (χ0) is 29.3. The average molecular weight is 562 g/mol. The third-order valence-corrected chi connectivity index (χ3v) is 6.21. The second-order valence-corrected chi connectivity index (χ2v) is 10.6. The predicted octanol–water partition coefficient (Wildman–Crippen LogP) is 1.01. The lowest BCUT2D eigenvalue weighted by Crippen LogP contribution is -2.52. The van der Waals surface area contributed by atoms with Gasteiger partial charge in [-0.3, -0.25) is 24.5 Å². The van der Waals surface area contributed by atoms with E-state index in [0.29, 0.717) is 43.2 Å². The Morgan fingerprint density at radius 1 is 1.10 bits per heavy atom. The van der Waals surface area contributed by atoms with E-state index in [0.717, 1.165) is 0 Å². The van der Waals surface area contributed by atoms with E-state index in [1.807, 2.05) is 0 Å². The molecule has 13 heteroatoms. The van der Waals surface area contributed by atoms with Gasteiger partial charge in [-0.25, -0.2) is 4.79 Å². The summed E-state index contributed by atoms with van der Waals surface area (Å²) in [6.45, 7) is 7.71. The highest BCUT2D eigenvalue weighted by Gasteiger charge is 2.39. The molecule has 1 saturated heterocycles. The average Bonchev–Trinajstić information content (AvgIpc) is 3.19. The third kappa shape index (κ3) is 9.00. The lowest BCUT2D eigenvalue weighted by Gasteiger charge is -2.29. The number of carbonyl (C=O) groups excluding carboxylic acids is 5. The van der Waals surface area contributed by atoms with E-state index in [4.69, 9.17) is 19.9 Å². The van der Waals surface area contributed by atoms with Crippen LogP contribution in [0.5, 0.6) is 0 Å². The van der Waals surface area contributed by atoms with Gasteiger partial charge in [0.25, 0.3) is 5.91 Å². The van der Waals surface area contributed by atoms with Gasteiger partial charge in [0, 0.05) is 50.3 Å². The molecule has 1 aromatic carbocycles. The maximum atomic E-state index is 12.9. The number of piperidine rings is 1. The van der Waals surface area contributed by atoms with Crippen molar-refractivity contribution in [2.24, 2.45) is 5.73 Å². The lowest BCUT2D eigenvalue weighted by molar-refractivity contribution is -0.137. The van der Waals surface area contributed by atoms with Crippen LogP contribution in [0, 0.1) is 0 Å². The summed E-state index contributed by atoms with van der Waals surface area (Å²) in [6.07, 6.45) is -0.0899. The number of imide groups is 1. The molecule has 1 atom stereocenters.